The average molecular weight is 727 g/mol. The lowest BCUT2D eigenvalue weighted by atomic mass is 10.1. The number of phosphoric acid groups is 1. The van der Waals surface area contributed by atoms with E-state index < -0.39 is 26.6 Å². The fourth-order valence-corrected chi connectivity index (χ4v) is 6.24. The molecule has 50 heavy (non-hydrogen) atoms. The van der Waals surface area contributed by atoms with Crippen LogP contribution in [0, 0.1) is 0 Å². The van der Waals surface area contributed by atoms with E-state index in [9.17, 15) is 19.4 Å². The summed E-state index contributed by atoms with van der Waals surface area (Å²) < 4.78 is 23.1. The molecule has 2 N–H and O–H groups in total. The van der Waals surface area contributed by atoms with E-state index >= 15 is 0 Å². The Balaban J connectivity index is 4.59. The van der Waals surface area contributed by atoms with Crippen molar-refractivity contribution in [1.82, 2.24) is 5.32 Å². The summed E-state index contributed by atoms with van der Waals surface area (Å²) in [7, 11) is 1.23. The number of aliphatic hydroxyl groups excluding tert-OH is 1. The van der Waals surface area contributed by atoms with Crippen LogP contribution < -0.4 is 10.2 Å². The van der Waals surface area contributed by atoms with Gasteiger partial charge in [0.05, 0.1) is 39.9 Å². The van der Waals surface area contributed by atoms with Crippen LogP contribution in [0.25, 0.3) is 0 Å². The van der Waals surface area contributed by atoms with Gasteiger partial charge >= 0.3 is 0 Å². The van der Waals surface area contributed by atoms with Gasteiger partial charge in [0.25, 0.3) is 7.82 Å². The molecule has 0 aliphatic rings. The van der Waals surface area contributed by atoms with E-state index in [-0.39, 0.29) is 12.5 Å². The molecule has 0 aromatic rings. The van der Waals surface area contributed by atoms with Gasteiger partial charge in [-0.25, -0.2) is 0 Å². The first kappa shape index (κ1) is 48.7. The van der Waals surface area contributed by atoms with E-state index in [1.165, 1.54) is 96.3 Å². The van der Waals surface area contributed by atoms with Crippen LogP contribution in [-0.4, -0.2) is 68.5 Å². The van der Waals surface area contributed by atoms with Crippen molar-refractivity contribution < 1.29 is 32.9 Å². The van der Waals surface area contributed by atoms with E-state index in [4.69, 9.17) is 9.05 Å². The van der Waals surface area contributed by atoms with E-state index in [2.05, 4.69) is 43.5 Å². The molecule has 0 heterocycles. The lowest BCUT2D eigenvalue weighted by Gasteiger charge is -2.29. The van der Waals surface area contributed by atoms with Crippen LogP contribution in [-0.2, 0) is 18.4 Å². The summed E-state index contributed by atoms with van der Waals surface area (Å²) in [6, 6.07) is -0.907. The van der Waals surface area contributed by atoms with Gasteiger partial charge in [0.2, 0.25) is 5.91 Å². The minimum absolute atomic E-state index is 0.00929. The third-order valence-electron chi connectivity index (χ3n) is 8.82. The molecule has 0 aromatic carbocycles. The van der Waals surface area contributed by atoms with Gasteiger partial charge in [0, 0.05) is 6.42 Å². The number of hydrogen-bond acceptors (Lipinski definition) is 6. The highest BCUT2D eigenvalue weighted by Gasteiger charge is 2.23. The third-order valence-corrected chi connectivity index (χ3v) is 9.79. The number of amides is 1. The number of phosphoric ester groups is 1. The molecule has 0 aromatic heterocycles. The Morgan fingerprint density at radius 1 is 0.680 bits per heavy atom. The maximum atomic E-state index is 12.8. The lowest BCUT2D eigenvalue weighted by molar-refractivity contribution is -0.870. The van der Waals surface area contributed by atoms with Gasteiger partial charge in [0.1, 0.15) is 13.2 Å². The molecule has 9 heteroatoms. The molecule has 0 aliphatic carbocycles. The predicted molar refractivity (Wildman–Crippen MR) is 210 cm³/mol. The molecule has 3 unspecified atom stereocenters. The SMILES string of the molecule is CCCCCCCC/C=C\CCCCCC(=O)NC(COP(=O)([O-])OCC[N+](C)(C)C)C(O)/C=C/CC/C=C/CCCCCCCCCCC. The molecule has 0 fully saturated rings. The van der Waals surface area contributed by atoms with Gasteiger partial charge in [-0.2, -0.15) is 0 Å². The second-order valence-corrected chi connectivity index (χ2v) is 16.4. The van der Waals surface area contributed by atoms with Gasteiger partial charge < -0.3 is 28.8 Å². The third kappa shape index (κ3) is 35.1. The summed E-state index contributed by atoms with van der Waals surface area (Å²) in [5.74, 6) is -0.226. The number of unbranched alkanes of at least 4 members (excludes halogenated alkanes) is 19. The van der Waals surface area contributed by atoms with Crippen LogP contribution in [0.15, 0.2) is 36.5 Å². The number of nitrogens with one attached hydrogen (secondary N) is 1. The van der Waals surface area contributed by atoms with Gasteiger partial charge in [-0.15, -0.1) is 0 Å². The quantitative estimate of drug-likeness (QED) is 0.0288. The number of quaternary nitrogens is 1. The molecule has 0 aliphatic heterocycles. The standard InChI is InChI=1S/C41H79N2O6P/c1-6-8-10-12-14-16-18-20-21-23-24-26-28-30-32-34-40(44)39(38-49-50(46,47)48-37-36-43(3,4)5)42-41(45)35-33-31-29-27-25-22-19-17-15-13-11-9-7-2/h22,24-26,32,34,39-40,44H,6-21,23,27-31,33,35-38H2,1-5H3,(H-,42,45,46,47)/b25-22-,26-24+,34-32+. The van der Waals surface area contributed by atoms with E-state index in [0.717, 1.165) is 51.4 Å². The number of carbonyl (C=O) groups is 1. The highest BCUT2D eigenvalue weighted by Crippen LogP contribution is 2.38. The maximum absolute atomic E-state index is 12.8. The molecular formula is C41H79N2O6P. The molecular weight excluding hydrogens is 647 g/mol. The van der Waals surface area contributed by atoms with Crippen LogP contribution >= 0.6 is 7.82 Å². The molecule has 294 valence electrons. The normalized spacial score (nSPS) is 14.9. The summed E-state index contributed by atoms with van der Waals surface area (Å²) in [5.41, 5.74) is 0. The van der Waals surface area contributed by atoms with Gasteiger partial charge in [-0.05, 0) is 57.8 Å². The highest BCUT2D eigenvalue weighted by molar-refractivity contribution is 7.45. The molecule has 0 rings (SSSR count). The van der Waals surface area contributed by atoms with Crippen molar-refractivity contribution in [1.29, 1.82) is 0 Å². The van der Waals surface area contributed by atoms with Crippen molar-refractivity contribution in [3.63, 3.8) is 0 Å². The summed E-state index contributed by atoms with van der Waals surface area (Å²) in [4.78, 5) is 25.2. The lowest BCUT2D eigenvalue weighted by Crippen LogP contribution is -2.45. The number of rotatable bonds is 36. The van der Waals surface area contributed by atoms with Crippen LogP contribution in [0.4, 0.5) is 0 Å². The monoisotopic (exact) mass is 727 g/mol. The first-order valence-corrected chi connectivity index (χ1v) is 21.8. The zero-order valence-corrected chi connectivity index (χ0v) is 34.0. The summed E-state index contributed by atoms with van der Waals surface area (Å²) in [6.07, 6.45) is 39.0. The molecule has 0 radical (unpaired) electrons. The molecule has 0 saturated carbocycles. The number of aliphatic hydroxyl groups is 1. The van der Waals surface area contributed by atoms with Crippen molar-refractivity contribution in [2.24, 2.45) is 0 Å². The Bertz CT molecular complexity index is 917. The van der Waals surface area contributed by atoms with Gasteiger partial charge in [-0.3, -0.25) is 9.36 Å². The average Bonchev–Trinajstić information content (AvgIpc) is 3.06. The van der Waals surface area contributed by atoms with Crippen molar-refractivity contribution in [2.75, 3.05) is 40.9 Å². The van der Waals surface area contributed by atoms with E-state index in [1.807, 2.05) is 27.2 Å². The fraction of sp³-hybridized carbons (Fsp3) is 0.829. The van der Waals surface area contributed by atoms with Crippen LogP contribution in [0.5, 0.6) is 0 Å². The topological polar surface area (TPSA) is 108 Å². The smallest absolute Gasteiger partial charge is 0.268 e. The maximum Gasteiger partial charge on any atom is 0.268 e. The van der Waals surface area contributed by atoms with Crippen molar-refractivity contribution >= 4 is 13.7 Å². The van der Waals surface area contributed by atoms with Gasteiger partial charge in [0.15, 0.2) is 0 Å². The number of hydrogen-bond donors (Lipinski definition) is 2. The number of carbonyl (C=O) groups excluding carboxylic acids is 1. The predicted octanol–water partition coefficient (Wildman–Crippen LogP) is 10.1. The molecule has 0 saturated heterocycles. The number of allylic oxidation sites excluding steroid dienone is 5. The van der Waals surface area contributed by atoms with Crippen LogP contribution in [0.1, 0.15) is 168 Å². The molecule has 8 nitrogen and oxygen atoms in total. The highest BCUT2D eigenvalue weighted by atomic mass is 31.2. The first-order chi connectivity index (χ1) is 24.0. The summed E-state index contributed by atoms with van der Waals surface area (Å²) in [5, 5.41) is 13.7. The molecule has 1 amide bonds. The molecule has 0 bridgehead atoms. The van der Waals surface area contributed by atoms with Crippen molar-refractivity contribution in [3.8, 4) is 0 Å². The number of nitrogens with zero attached hydrogens (tertiary/aromatic N) is 1. The van der Waals surface area contributed by atoms with Crippen LogP contribution in [0.3, 0.4) is 0 Å². The Hall–Kier alpha value is -1.28. The Morgan fingerprint density at radius 3 is 1.62 bits per heavy atom. The van der Waals surface area contributed by atoms with E-state index in [0.29, 0.717) is 17.4 Å². The summed E-state index contributed by atoms with van der Waals surface area (Å²) >= 11 is 0. The minimum Gasteiger partial charge on any atom is -0.756 e. The Kier molecular flexibility index (Phi) is 32.7. The van der Waals surface area contributed by atoms with Crippen LogP contribution in [0.2, 0.25) is 0 Å². The Morgan fingerprint density at radius 2 is 1.12 bits per heavy atom. The van der Waals surface area contributed by atoms with Gasteiger partial charge in [-0.1, -0.05) is 140 Å². The minimum atomic E-state index is -4.59. The van der Waals surface area contributed by atoms with Crippen molar-refractivity contribution in [2.45, 2.75) is 180 Å². The molecule has 0 spiro atoms. The Labute approximate surface area is 308 Å². The second-order valence-electron chi connectivity index (χ2n) is 15.0. The first-order valence-electron chi connectivity index (χ1n) is 20.4. The van der Waals surface area contributed by atoms with Crippen molar-refractivity contribution in [3.05, 3.63) is 36.5 Å². The largest absolute Gasteiger partial charge is 0.756 e. The molecule has 3 atom stereocenters. The zero-order valence-electron chi connectivity index (χ0n) is 33.1. The van der Waals surface area contributed by atoms with E-state index in [1.54, 1.807) is 6.08 Å². The summed E-state index contributed by atoms with van der Waals surface area (Å²) in [6.45, 7) is 4.58. The fourth-order valence-electron chi connectivity index (χ4n) is 5.51. The zero-order chi connectivity index (χ0) is 37.2. The number of likely N-dealkylation sites (N-methyl/N-ethyl adjacent to an activating group) is 1. The second kappa shape index (κ2) is 33.5.